The van der Waals surface area contributed by atoms with Crippen LogP contribution in [-0.4, -0.2) is 22.2 Å². The van der Waals surface area contributed by atoms with Crippen LogP contribution < -0.4 is 10.6 Å². The third-order valence-corrected chi connectivity index (χ3v) is 4.96. The Morgan fingerprint density at radius 1 is 1.10 bits per heavy atom. The summed E-state index contributed by atoms with van der Waals surface area (Å²) in [5, 5.41) is 9.23. The first kappa shape index (κ1) is 20.7. The molecular formula is C22H25F2N4O+. The maximum absolute atomic E-state index is 13.4. The molecule has 0 saturated heterocycles. The van der Waals surface area contributed by atoms with E-state index in [4.69, 9.17) is 0 Å². The normalized spacial score (nSPS) is 12.1. The lowest BCUT2D eigenvalue weighted by atomic mass is 10.1. The molecule has 7 heteroatoms. The minimum Gasteiger partial charge on any atom is -0.333 e. The molecule has 0 aliphatic carbocycles. The summed E-state index contributed by atoms with van der Waals surface area (Å²) in [6.45, 7) is 7.76. The first-order valence-electron chi connectivity index (χ1n) is 9.47. The van der Waals surface area contributed by atoms with Crippen molar-refractivity contribution in [3.05, 3.63) is 76.6 Å². The highest BCUT2D eigenvalue weighted by Gasteiger charge is 2.18. The van der Waals surface area contributed by atoms with Crippen LogP contribution in [0, 0.1) is 32.4 Å². The molecule has 0 aliphatic heterocycles. The SMILES string of the molecule is Cc1ccc(-n2nc(C)c(NC(=O)C[NH2+][C@H](C)c3ccc(F)c(F)c3)c2C)cc1. The Morgan fingerprint density at radius 3 is 2.45 bits per heavy atom. The minimum atomic E-state index is -0.887. The van der Waals surface area contributed by atoms with Gasteiger partial charge in [0, 0.05) is 5.56 Å². The lowest BCUT2D eigenvalue weighted by Crippen LogP contribution is -2.86. The van der Waals surface area contributed by atoms with Gasteiger partial charge in [-0.15, -0.1) is 0 Å². The Kier molecular flexibility index (Phi) is 6.08. The number of nitrogens with zero attached hydrogens (tertiary/aromatic N) is 2. The van der Waals surface area contributed by atoms with Crippen molar-refractivity contribution in [2.24, 2.45) is 0 Å². The van der Waals surface area contributed by atoms with E-state index in [0.29, 0.717) is 11.3 Å². The number of rotatable bonds is 6. The molecule has 3 rings (SSSR count). The van der Waals surface area contributed by atoms with Crippen molar-refractivity contribution in [3.8, 4) is 5.69 Å². The molecule has 1 amide bonds. The highest BCUT2D eigenvalue weighted by molar-refractivity contribution is 5.92. The molecule has 29 heavy (non-hydrogen) atoms. The lowest BCUT2D eigenvalue weighted by Gasteiger charge is -2.12. The van der Waals surface area contributed by atoms with Gasteiger partial charge in [0.05, 0.1) is 22.8 Å². The van der Waals surface area contributed by atoms with E-state index in [1.807, 2.05) is 52.0 Å². The van der Waals surface area contributed by atoms with E-state index in [1.54, 1.807) is 10.00 Å². The summed E-state index contributed by atoms with van der Waals surface area (Å²) in [6, 6.07) is 11.6. The Labute approximate surface area is 168 Å². The third-order valence-electron chi connectivity index (χ3n) is 4.96. The quantitative estimate of drug-likeness (QED) is 0.668. The van der Waals surface area contributed by atoms with Crippen LogP contribution in [-0.2, 0) is 4.79 Å². The molecule has 1 aromatic heterocycles. The van der Waals surface area contributed by atoms with Gasteiger partial charge in [0.25, 0.3) is 5.91 Å². The zero-order chi connectivity index (χ0) is 21.1. The summed E-state index contributed by atoms with van der Waals surface area (Å²) in [6.07, 6.45) is 0. The molecule has 0 bridgehead atoms. The van der Waals surface area contributed by atoms with Crippen LogP contribution in [0.2, 0.25) is 0 Å². The van der Waals surface area contributed by atoms with Gasteiger partial charge >= 0.3 is 0 Å². The average molecular weight is 399 g/mol. The number of hydrogen-bond acceptors (Lipinski definition) is 2. The fourth-order valence-electron chi connectivity index (χ4n) is 3.17. The average Bonchev–Trinajstić information content (AvgIpc) is 2.97. The zero-order valence-corrected chi connectivity index (χ0v) is 17.0. The van der Waals surface area contributed by atoms with Gasteiger partial charge in [0.1, 0.15) is 6.04 Å². The first-order valence-corrected chi connectivity index (χ1v) is 9.47. The summed E-state index contributed by atoms with van der Waals surface area (Å²) in [4.78, 5) is 12.5. The summed E-state index contributed by atoms with van der Waals surface area (Å²) < 4.78 is 28.3. The smallest absolute Gasteiger partial charge is 0.279 e. The van der Waals surface area contributed by atoms with Crippen molar-refractivity contribution in [2.45, 2.75) is 33.7 Å². The maximum Gasteiger partial charge on any atom is 0.279 e. The number of halogens is 2. The van der Waals surface area contributed by atoms with E-state index in [9.17, 15) is 13.6 Å². The van der Waals surface area contributed by atoms with Crippen LogP contribution in [0.25, 0.3) is 5.69 Å². The van der Waals surface area contributed by atoms with Gasteiger partial charge in [0.15, 0.2) is 18.2 Å². The summed E-state index contributed by atoms with van der Waals surface area (Å²) in [5.41, 5.74) is 4.96. The minimum absolute atomic E-state index is 0.148. The van der Waals surface area contributed by atoms with Gasteiger partial charge in [-0.05, 0) is 58.0 Å². The molecule has 0 spiro atoms. The van der Waals surface area contributed by atoms with Gasteiger partial charge in [0.2, 0.25) is 0 Å². The standard InChI is InChI=1S/C22H24F2N4O/c1-13-5-8-18(9-6-13)28-16(4)22(15(3)27-28)26-21(29)12-25-14(2)17-7-10-19(23)20(24)11-17/h5-11,14,25H,12H2,1-4H3,(H,26,29)/p+1/t14-/m1/s1. The molecule has 3 N–H and O–H groups in total. The molecule has 0 unspecified atom stereocenters. The largest absolute Gasteiger partial charge is 0.333 e. The number of anilines is 1. The van der Waals surface area contributed by atoms with Crippen molar-refractivity contribution in [3.63, 3.8) is 0 Å². The number of benzene rings is 2. The number of quaternary nitrogens is 1. The topological polar surface area (TPSA) is 63.5 Å². The zero-order valence-electron chi connectivity index (χ0n) is 17.0. The van der Waals surface area contributed by atoms with E-state index < -0.39 is 11.6 Å². The number of aryl methyl sites for hydroxylation is 2. The highest BCUT2D eigenvalue weighted by atomic mass is 19.2. The second-order valence-corrected chi connectivity index (χ2v) is 7.24. The van der Waals surface area contributed by atoms with Gasteiger partial charge in [-0.1, -0.05) is 17.7 Å². The molecule has 0 saturated carbocycles. The lowest BCUT2D eigenvalue weighted by molar-refractivity contribution is -0.682. The van der Waals surface area contributed by atoms with Gasteiger partial charge in [-0.25, -0.2) is 13.5 Å². The summed E-state index contributed by atoms with van der Waals surface area (Å²) >= 11 is 0. The highest BCUT2D eigenvalue weighted by Crippen LogP contribution is 2.23. The van der Waals surface area contributed by atoms with Crippen molar-refractivity contribution in [1.82, 2.24) is 9.78 Å². The predicted octanol–water partition coefficient (Wildman–Crippen LogP) is 3.34. The molecule has 0 fully saturated rings. The van der Waals surface area contributed by atoms with Crippen molar-refractivity contribution >= 4 is 11.6 Å². The molecule has 5 nitrogen and oxygen atoms in total. The molecule has 0 aliphatic rings. The molecular weight excluding hydrogens is 374 g/mol. The van der Waals surface area contributed by atoms with Crippen LogP contribution in [0.4, 0.5) is 14.5 Å². The number of carbonyl (C=O) groups excluding carboxylic acids is 1. The van der Waals surface area contributed by atoms with Crippen LogP contribution in [0.1, 0.15) is 35.5 Å². The number of hydrogen-bond donors (Lipinski definition) is 2. The number of nitrogens with one attached hydrogen (secondary N) is 1. The Bertz CT molecular complexity index is 1030. The maximum atomic E-state index is 13.4. The van der Waals surface area contributed by atoms with E-state index in [-0.39, 0.29) is 18.5 Å². The van der Waals surface area contributed by atoms with E-state index in [1.165, 1.54) is 6.07 Å². The van der Waals surface area contributed by atoms with Gasteiger partial charge in [-0.2, -0.15) is 5.10 Å². The van der Waals surface area contributed by atoms with Gasteiger partial charge < -0.3 is 10.6 Å². The number of amides is 1. The molecule has 1 atom stereocenters. The van der Waals surface area contributed by atoms with Gasteiger partial charge in [-0.3, -0.25) is 4.79 Å². The molecule has 2 aromatic carbocycles. The molecule has 3 aromatic rings. The van der Waals surface area contributed by atoms with Crippen LogP contribution in [0.3, 0.4) is 0 Å². The molecule has 1 heterocycles. The van der Waals surface area contributed by atoms with E-state index in [2.05, 4.69) is 10.4 Å². The second kappa shape index (κ2) is 8.53. The third kappa shape index (κ3) is 4.68. The van der Waals surface area contributed by atoms with E-state index in [0.717, 1.165) is 34.8 Å². The molecule has 152 valence electrons. The van der Waals surface area contributed by atoms with Crippen LogP contribution in [0.5, 0.6) is 0 Å². The van der Waals surface area contributed by atoms with Crippen LogP contribution >= 0.6 is 0 Å². The molecule has 0 radical (unpaired) electrons. The summed E-state index contributed by atoms with van der Waals surface area (Å²) in [7, 11) is 0. The fraction of sp³-hybridized carbons (Fsp3) is 0.273. The number of aromatic nitrogens is 2. The van der Waals surface area contributed by atoms with Crippen molar-refractivity contribution < 1.29 is 18.9 Å². The fourth-order valence-corrected chi connectivity index (χ4v) is 3.17. The van der Waals surface area contributed by atoms with Crippen molar-refractivity contribution in [2.75, 3.05) is 11.9 Å². The predicted molar refractivity (Wildman–Crippen MR) is 108 cm³/mol. The number of carbonyl (C=O) groups is 1. The number of nitrogens with two attached hydrogens (primary N) is 1. The Hall–Kier alpha value is -3.06. The second-order valence-electron chi connectivity index (χ2n) is 7.24. The summed E-state index contributed by atoms with van der Waals surface area (Å²) in [5.74, 6) is -1.95. The monoisotopic (exact) mass is 399 g/mol. The first-order chi connectivity index (χ1) is 13.8. The van der Waals surface area contributed by atoms with E-state index >= 15 is 0 Å². The van der Waals surface area contributed by atoms with Crippen LogP contribution in [0.15, 0.2) is 42.5 Å². The Morgan fingerprint density at radius 2 is 1.79 bits per heavy atom. The van der Waals surface area contributed by atoms with Crippen molar-refractivity contribution in [1.29, 1.82) is 0 Å². The Balaban J connectivity index is 1.66.